The Bertz CT molecular complexity index is 451. The van der Waals surface area contributed by atoms with Gasteiger partial charge in [0.25, 0.3) is 0 Å². The van der Waals surface area contributed by atoms with E-state index in [1.165, 1.54) is 30.6 Å². The SMILES string of the molecule is CCCC1=[C]([Hf]([O]C)([O]C)[C]2=C(CCC)C=CC2)CC=C1. The second-order valence-electron chi connectivity index (χ2n) is 5.75. The summed E-state index contributed by atoms with van der Waals surface area (Å²) in [6, 6.07) is 0. The standard InChI is InChI=1S/2C8H11.2CH3O.Hf/c2*1-2-5-8-6-3-4-7-8;2*1-2;/h2*3,6H,2,4-5H2,1H3;2*1H3;/q;;2*-1;+2. The van der Waals surface area contributed by atoms with Crippen molar-refractivity contribution in [3.8, 4) is 0 Å². The molecule has 0 saturated carbocycles. The van der Waals surface area contributed by atoms with Crippen LogP contribution in [0.3, 0.4) is 0 Å². The Balaban J connectivity index is 2.47. The zero-order valence-corrected chi connectivity index (χ0v) is 17.5. The summed E-state index contributed by atoms with van der Waals surface area (Å²) >= 11 is -3.50. The summed E-state index contributed by atoms with van der Waals surface area (Å²) in [5, 5.41) is 0. The Morgan fingerprint density at radius 2 is 1.29 bits per heavy atom. The molecule has 2 aliphatic carbocycles. The molecule has 0 saturated heterocycles. The number of hydrogen-bond acceptors (Lipinski definition) is 2. The van der Waals surface area contributed by atoms with Crippen molar-refractivity contribution < 1.29 is 26.6 Å². The van der Waals surface area contributed by atoms with Gasteiger partial charge in [0.2, 0.25) is 0 Å². The van der Waals surface area contributed by atoms with Gasteiger partial charge in [-0.15, -0.1) is 0 Å². The van der Waals surface area contributed by atoms with Crippen LogP contribution in [0.4, 0.5) is 0 Å². The number of hydrogen-bond donors (Lipinski definition) is 0. The van der Waals surface area contributed by atoms with E-state index in [0.29, 0.717) is 0 Å². The molecular weight excluding hydrogens is 427 g/mol. The van der Waals surface area contributed by atoms with Crippen LogP contribution in [-0.2, 0) is 26.6 Å². The number of allylic oxidation sites excluding steroid dienone is 8. The first-order valence-electron chi connectivity index (χ1n) is 8.11. The molecule has 0 aromatic rings. The van der Waals surface area contributed by atoms with Crippen molar-refractivity contribution in [1.82, 2.24) is 0 Å². The van der Waals surface area contributed by atoms with Crippen molar-refractivity contribution in [3.63, 3.8) is 0 Å². The third-order valence-corrected chi connectivity index (χ3v) is 18.1. The summed E-state index contributed by atoms with van der Waals surface area (Å²) in [5.74, 6) is 0. The first-order valence-corrected chi connectivity index (χ1v) is 14.6. The molecule has 2 aliphatic rings. The Labute approximate surface area is 135 Å². The summed E-state index contributed by atoms with van der Waals surface area (Å²) in [6.07, 6.45) is 15.9. The van der Waals surface area contributed by atoms with Gasteiger partial charge in [0.05, 0.1) is 0 Å². The van der Waals surface area contributed by atoms with Gasteiger partial charge in [0.1, 0.15) is 0 Å². The van der Waals surface area contributed by atoms with Crippen LogP contribution in [0.5, 0.6) is 0 Å². The summed E-state index contributed by atoms with van der Waals surface area (Å²) in [4.78, 5) is 0. The second kappa shape index (κ2) is 7.85. The van der Waals surface area contributed by atoms with Gasteiger partial charge in [-0.2, -0.15) is 0 Å². The normalized spacial score (nSPS) is 18.5. The van der Waals surface area contributed by atoms with Crippen molar-refractivity contribution in [2.24, 2.45) is 0 Å². The average Bonchev–Trinajstić information content (AvgIpc) is 3.13. The van der Waals surface area contributed by atoms with Crippen molar-refractivity contribution in [2.45, 2.75) is 52.4 Å². The van der Waals surface area contributed by atoms with Gasteiger partial charge in [0.15, 0.2) is 0 Å². The molecule has 21 heavy (non-hydrogen) atoms. The van der Waals surface area contributed by atoms with E-state index >= 15 is 0 Å². The van der Waals surface area contributed by atoms with Crippen molar-refractivity contribution in [3.05, 3.63) is 42.1 Å². The van der Waals surface area contributed by atoms with Crippen LogP contribution < -0.4 is 0 Å². The molecule has 0 spiro atoms. The quantitative estimate of drug-likeness (QED) is 0.464. The second-order valence-corrected chi connectivity index (χ2v) is 17.4. The van der Waals surface area contributed by atoms with Gasteiger partial charge < -0.3 is 0 Å². The van der Waals surface area contributed by atoms with Gasteiger partial charge in [-0.3, -0.25) is 0 Å². The Morgan fingerprint density at radius 3 is 1.62 bits per heavy atom. The van der Waals surface area contributed by atoms with Crippen LogP contribution >= 0.6 is 0 Å². The fourth-order valence-electron chi connectivity index (χ4n) is 3.56. The first kappa shape index (κ1) is 17.1. The molecule has 0 radical (unpaired) electrons. The first-order chi connectivity index (χ1) is 10.2. The fourth-order valence-corrected chi connectivity index (χ4v) is 16.3. The molecule has 0 aromatic carbocycles. The van der Waals surface area contributed by atoms with E-state index in [4.69, 9.17) is 5.71 Å². The van der Waals surface area contributed by atoms with Crippen LogP contribution in [0, 0.1) is 0 Å². The number of rotatable bonds is 8. The van der Waals surface area contributed by atoms with Gasteiger partial charge in [0, 0.05) is 0 Å². The van der Waals surface area contributed by atoms with Crippen LogP contribution in [0.1, 0.15) is 52.4 Å². The Morgan fingerprint density at radius 1 is 0.857 bits per heavy atom. The van der Waals surface area contributed by atoms with Crippen LogP contribution in [0.15, 0.2) is 42.1 Å². The van der Waals surface area contributed by atoms with E-state index in [1.54, 1.807) is 0 Å². The van der Waals surface area contributed by atoms with Gasteiger partial charge in [-0.25, -0.2) is 0 Å². The van der Waals surface area contributed by atoms with E-state index < -0.39 is 20.8 Å². The molecule has 0 amide bonds. The third kappa shape index (κ3) is 3.25. The molecule has 0 aromatic heterocycles. The molecule has 2 rings (SSSR count). The molecule has 0 fully saturated rings. The van der Waals surface area contributed by atoms with E-state index in [9.17, 15) is 0 Å². The molecule has 3 heteroatoms. The maximum atomic E-state index is 6.21. The molecule has 0 unspecified atom stereocenters. The minimum absolute atomic E-state index is 1.03. The Hall–Kier alpha value is -0.250. The summed E-state index contributed by atoms with van der Waals surface area (Å²) in [7, 11) is 3.74. The molecule has 116 valence electrons. The topological polar surface area (TPSA) is 18.5 Å². The minimum atomic E-state index is -3.50. The van der Waals surface area contributed by atoms with Gasteiger partial charge in [-0.05, 0) is 0 Å². The van der Waals surface area contributed by atoms with Gasteiger partial charge in [-0.1, -0.05) is 0 Å². The van der Waals surface area contributed by atoms with Crippen molar-refractivity contribution in [2.75, 3.05) is 14.2 Å². The Kier molecular flexibility index (Phi) is 6.39. The molecule has 0 aliphatic heterocycles. The van der Waals surface area contributed by atoms with Crippen LogP contribution in [0.25, 0.3) is 0 Å². The van der Waals surface area contributed by atoms with E-state index in [2.05, 4.69) is 38.2 Å². The molecular formula is C18H28HfO2. The summed E-state index contributed by atoms with van der Waals surface area (Å²) in [6.45, 7) is 4.49. The molecule has 2 nitrogen and oxygen atoms in total. The van der Waals surface area contributed by atoms with Crippen LogP contribution in [0.2, 0.25) is 0 Å². The third-order valence-electron chi connectivity index (χ3n) is 4.47. The maximum absolute atomic E-state index is 6.21. The van der Waals surface area contributed by atoms with Gasteiger partial charge >= 0.3 is 135 Å². The molecule has 0 atom stereocenters. The zero-order valence-electron chi connectivity index (χ0n) is 13.9. The summed E-state index contributed by atoms with van der Waals surface area (Å²) < 4.78 is 15.5. The summed E-state index contributed by atoms with van der Waals surface area (Å²) in [5.41, 5.74) is 2.97. The van der Waals surface area contributed by atoms with E-state index in [0.717, 1.165) is 25.7 Å². The molecule has 0 bridgehead atoms. The predicted octanol–water partition coefficient (Wildman–Crippen LogP) is 5.29. The molecule has 0 N–H and O–H groups in total. The average molecular weight is 455 g/mol. The van der Waals surface area contributed by atoms with Crippen LogP contribution in [-0.4, -0.2) is 14.2 Å². The zero-order chi connectivity index (χ0) is 15.3. The van der Waals surface area contributed by atoms with Crippen molar-refractivity contribution in [1.29, 1.82) is 0 Å². The fraction of sp³-hybridized carbons (Fsp3) is 0.556. The monoisotopic (exact) mass is 456 g/mol. The van der Waals surface area contributed by atoms with E-state index in [1.807, 2.05) is 14.2 Å². The van der Waals surface area contributed by atoms with Crippen molar-refractivity contribution >= 4 is 0 Å². The molecule has 0 heterocycles. The predicted molar refractivity (Wildman–Crippen MR) is 85.4 cm³/mol. The van der Waals surface area contributed by atoms with E-state index in [-0.39, 0.29) is 0 Å².